The van der Waals surface area contributed by atoms with Gasteiger partial charge in [-0.3, -0.25) is 4.98 Å². The molecule has 8 heteroatoms. The minimum absolute atomic E-state index is 0.195. The summed E-state index contributed by atoms with van der Waals surface area (Å²) < 4.78 is 18.6. The average molecular weight is 534 g/mol. The van der Waals surface area contributed by atoms with Crippen molar-refractivity contribution in [2.45, 2.75) is 19.0 Å². The number of thiocarbonyl (C=S) groups is 1. The van der Waals surface area contributed by atoms with Gasteiger partial charge in [0, 0.05) is 28.0 Å². The summed E-state index contributed by atoms with van der Waals surface area (Å²) >= 11 is 9.48. The fourth-order valence-corrected chi connectivity index (χ4v) is 5.47. The van der Waals surface area contributed by atoms with E-state index in [2.05, 4.69) is 56.3 Å². The van der Waals surface area contributed by atoms with Crippen LogP contribution in [0.1, 0.15) is 29.1 Å². The van der Waals surface area contributed by atoms with Gasteiger partial charge in [-0.15, -0.1) is 0 Å². The van der Waals surface area contributed by atoms with Gasteiger partial charge in [0.2, 0.25) is 6.79 Å². The van der Waals surface area contributed by atoms with Gasteiger partial charge >= 0.3 is 0 Å². The highest BCUT2D eigenvalue weighted by molar-refractivity contribution is 9.10. The molecule has 0 radical (unpaired) electrons. The van der Waals surface area contributed by atoms with Crippen LogP contribution >= 0.6 is 28.1 Å². The number of nitrogens with one attached hydrogen (secondary N) is 1. The van der Waals surface area contributed by atoms with Gasteiger partial charge in [-0.05, 0) is 73.2 Å². The van der Waals surface area contributed by atoms with Gasteiger partial charge in [0.25, 0.3) is 0 Å². The van der Waals surface area contributed by atoms with Crippen molar-refractivity contribution in [2.24, 2.45) is 0 Å². The Morgan fingerprint density at radius 1 is 1.03 bits per heavy atom. The predicted octanol–water partition coefficient (Wildman–Crippen LogP) is 6.32. The van der Waals surface area contributed by atoms with E-state index in [-0.39, 0.29) is 18.9 Å². The lowest BCUT2D eigenvalue weighted by Crippen LogP contribution is -2.29. The van der Waals surface area contributed by atoms with Gasteiger partial charge < -0.3 is 24.1 Å². The Morgan fingerprint density at radius 2 is 1.91 bits per heavy atom. The zero-order valence-corrected chi connectivity index (χ0v) is 20.6. The zero-order valence-electron chi connectivity index (χ0n) is 18.2. The Hall–Kier alpha value is -3.36. The Labute approximate surface area is 210 Å². The van der Waals surface area contributed by atoms with Crippen LogP contribution in [-0.2, 0) is 0 Å². The smallest absolute Gasteiger partial charge is 0.231 e. The fraction of sp³-hybridized carbons (Fsp3) is 0.154. The molecule has 0 saturated carbocycles. The molecule has 1 fully saturated rings. The SMILES string of the molecule is Cc1ccc(-c2ccc(C3C(c4ccccn4)NC(=S)N3c3ccc4c(c3)OCO4)o2)c(Br)c1. The monoisotopic (exact) mass is 533 g/mol. The molecule has 0 aliphatic carbocycles. The molecule has 34 heavy (non-hydrogen) atoms. The molecule has 4 heterocycles. The second-order valence-corrected chi connectivity index (χ2v) is 9.46. The first kappa shape index (κ1) is 21.2. The maximum atomic E-state index is 6.46. The van der Waals surface area contributed by atoms with Gasteiger partial charge in [-0.2, -0.15) is 0 Å². The number of rotatable bonds is 4. The van der Waals surface area contributed by atoms with Crippen LogP contribution in [0.25, 0.3) is 11.3 Å². The van der Waals surface area contributed by atoms with Crippen molar-refractivity contribution in [1.29, 1.82) is 0 Å². The molecule has 1 saturated heterocycles. The molecule has 2 aliphatic heterocycles. The van der Waals surface area contributed by atoms with Crippen molar-refractivity contribution in [3.8, 4) is 22.8 Å². The number of nitrogens with zero attached hydrogens (tertiary/aromatic N) is 2. The second kappa shape index (κ2) is 8.45. The van der Waals surface area contributed by atoms with Gasteiger partial charge in [0.15, 0.2) is 16.6 Å². The Morgan fingerprint density at radius 3 is 2.74 bits per heavy atom. The molecular formula is C26H20BrN3O3S. The first-order chi connectivity index (χ1) is 16.6. The van der Waals surface area contributed by atoms with Crippen LogP contribution in [0.15, 0.2) is 81.8 Å². The lowest BCUT2D eigenvalue weighted by atomic mass is 10.0. The molecule has 4 aromatic rings. The third-order valence-corrected chi connectivity index (χ3v) is 7.01. The van der Waals surface area contributed by atoms with Crippen LogP contribution in [-0.4, -0.2) is 16.9 Å². The number of hydrogen-bond donors (Lipinski definition) is 1. The maximum absolute atomic E-state index is 6.46. The first-order valence-corrected chi connectivity index (χ1v) is 12.1. The van der Waals surface area contributed by atoms with E-state index in [1.54, 1.807) is 6.20 Å². The maximum Gasteiger partial charge on any atom is 0.231 e. The summed E-state index contributed by atoms with van der Waals surface area (Å²) in [5.74, 6) is 2.99. The third-order valence-electron chi connectivity index (χ3n) is 6.04. The van der Waals surface area contributed by atoms with E-state index < -0.39 is 0 Å². The molecule has 0 amide bonds. The van der Waals surface area contributed by atoms with E-state index in [1.807, 2.05) is 48.5 Å². The average Bonchev–Trinajstić information content (AvgIpc) is 3.57. The van der Waals surface area contributed by atoms with E-state index in [0.717, 1.165) is 38.7 Å². The minimum Gasteiger partial charge on any atom is -0.459 e. The number of anilines is 1. The van der Waals surface area contributed by atoms with Crippen LogP contribution in [0.4, 0.5) is 5.69 Å². The van der Waals surface area contributed by atoms with E-state index >= 15 is 0 Å². The molecule has 0 bridgehead atoms. The number of aryl methyl sites for hydroxylation is 1. The largest absolute Gasteiger partial charge is 0.459 e. The highest BCUT2D eigenvalue weighted by atomic mass is 79.9. The molecule has 170 valence electrons. The number of fused-ring (bicyclic) bond motifs is 1. The molecular weight excluding hydrogens is 514 g/mol. The number of furan rings is 1. The number of aromatic nitrogens is 1. The molecule has 1 N–H and O–H groups in total. The summed E-state index contributed by atoms with van der Waals surface area (Å²) in [6, 6.07) is 21.5. The van der Waals surface area contributed by atoms with E-state index in [1.165, 1.54) is 5.56 Å². The second-order valence-electron chi connectivity index (χ2n) is 8.22. The molecule has 6 rings (SSSR count). The van der Waals surface area contributed by atoms with Gasteiger partial charge in [-0.1, -0.05) is 28.1 Å². The number of pyridine rings is 1. The third kappa shape index (κ3) is 3.63. The summed E-state index contributed by atoms with van der Waals surface area (Å²) in [6.07, 6.45) is 1.79. The van der Waals surface area contributed by atoms with Crippen molar-refractivity contribution in [2.75, 3.05) is 11.7 Å². The van der Waals surface area contributed by atoms with Crippen LogP contribution in [0.2, 0.25) is 0 Å². The van der Waals surface area contributed by atoms with E-state index in [9.17, 15) is 0 Å². The van der Waals surface area contributed by atoms with E-state index in [4.69, 9.17) is 26.1 Å². The topological polar surface area (TPSA) is 59.8 Å². The fourth-order valence-electron chi connectivity index (χ4n) is 4.43. The first-order valence-electron chi connectivity index (χ1n) is 10.8. The Kier molecular flexibility index (Phi) is 5.27. The molecule has 2 atom stereocenters. The van der Waals surface area contributed by atoms with Crippen LogP contribution < -0.4 is 19.7 Å². The van der Waals surface area contributed by atoms with Gasteiger partial charge in [-0.25, -0.2) is 0 Å². The number of hydrogen-bond acceptors (Lipinski definition) is 5. The molecule has 2 aliphatic rings. The molecule has 2 aromatic carbocycles. The van der Waals surface area contributed by atoms with Crippen molar-refractivity contribution in [3.63, 3.8) is 0 Å². The summed E-state index contributed by atoms with van der Waals surface area (Å²) in [5.41, 5.74) is 3.94. The van der Waals surface area contributed by atoms with Crippen molar-refractivity contribution >= 4 is 38.9 Å². The minimum atomic E-state index is -0.249. The molecule has 6 nitrogen and oxygen atoms in total. The quantitative estimate of drug-likeness (QED) is 0.308. The summed E-state index contributed by atoms with van der Waals surface area (Å²) in [6.45, 7) is 2.28. The predicted molar refractivity (Wildman–Crippen MR) is 137 cm³/mol. The van der Waals surface area contributed by atoms with Crippen LogP contribution in [0, 0.1) is 6.92 Å². The highest BCUT2D eigenvalue weighted by Gasteiger charge is 2.43. The van der Waals surface area contributed by atoms with E-state index in [0.29, 0.717) is 10.9 Å². The number of halogens is 1. The van der Waals surface area contributed by atoms with Gasteiger partial charge in [0.05, 0.1) is 11.7 Å². The number of benzene rings is 2. The zero-order chi connectivity index (χ0) is 23.2. The normalized spacial score (nSPS) is 18.9. The van der Waals surface area contributed by atoms with Crippen LogP contribution in [0.3, 0.4) is 0 Å². The van der Waals surface area contributed by atoms with Crippen LogP contribution in [0.5, 0.6) is 11.5 Å². The molecule has 2 unspecified atom stereocenters. The lowest BCUT2D eigenvalue weighted by Gasteiger charge is -2.26. The Balaban J connectivity index is 1.45. The standard InChI is InChI=1S/C26H20BrN3O3S/c1-15-5-7-17(18(27)12-15)20-9-10-22(33-20)25-24(19-4-2-3-11-28-19)29-26(34)30(25)16-6-8-21-23(13-16)32-14-31-21/h2-13,24-25H,14H2,1H3,(H,29,34). The lowest BCUT2D eigenvalue weighted by molar-refractivity contribution is 0.174. The van der Waals surface area contributed by atoms with Gasteiger partial charge in [0.1, 0.15) is 17.6 Å². The number of ether oxygens (including phenoxy) is 2. The highest BCUT2D eigenvalue weighted by Crippen LogP contribution is 2.45. The summed E-state index contributed by atoms with van der Waals surface area (Å²) in [5, 5.41) is 4.05. The van der Waals surface area contributed by atoms with Crippen molar-refractivity contribution in [3.05, 3.63) is 94.4 Å². The summed E-state index contributed by atoms with van der Waals surface area (Å²) in [7, 11) is 0. The molecule has 0 spiro atoms. The summed E-state index contributed by atoms with van der Waals surface area (Å²) in [4.78, 5) is 6.66. The molecule has 2 aromatic heterocycles. The Bertz CT molecular complexity index is 1390. The van der Waals surface area contributed by atoms with Crippen molar-refractivity contribution < 1.29 is 13.9 Å². The van der Waals surface area contributed by atoms with Crippen molar-refractivity contribution in [1.82, 2.24) is 10.3 Å².